The molecular formula is C17H22FNO2. The zero-order valence-electron chi connectivity index (χ0n) is 12.5. The highest BCUT2D eigenvalue weighted by molar-refractivity contribution is 5.99. The zero-order chi connectivity index (χ0) is 15.2. The van der Waals surface area contributed by atoms with Gasteiger partial charge in [0.1, 0.15) is 5.82 Å². The number of ketones is 1. The van der Waals surface area contributed by atoms with Gasteiger partial charge in [-0.2, -0.15) is 0 Å². The standard InChI is InChI=1S/C17H22FNO2/c1-2-3-13-4-9-17(21)19(11-10-13)12-16(20)14-5-7-15(18)8-6-14/h5-8,13H,2-4,9-12H2,1H3. The van der Waals surface area contributed by atoms with E-state index < -0.39 is 0 Å². The Morgan fingerprint density at radius 1 is 1.29 bits per heavy atom. The smallest absolute Gasteiger partial charge is 0.222 e. The fourth-order valence-electron chi connectivity index (χ4n) is 2.86. The van der Waals surface area contributed by atoms with Gasteiger partial charge in [-0.3, -0.25) is 9.59 Å². The van der Waals surface area contributed by atoms with Crippen molar-refractivity contribution in [3.63, 3.8) is 0 Å². The average Bonchev–Trinajstić information content (AvgIpc) is 2.64. The second-order valence-electron chi connectivity index (χ2n) is 5.73. The Kier molecular flexibility index (Phi) is 5.48. The molecule has 1 aromatic rings. The van der Waals surface area contributed by atoms with Crippen LogP contribution >= 0.6 is 0 Å². The summed E-state index contributed by atoms with van der Waals surface area (Å²) in [5.41, 5.74) is 0.457. The van der Waals surface area contributed by atoms with E-state index in [1.807, 2.05) is 0 Å². The number of carbonyl (C=O) groups is 2. The number of amides is 1. The zero-order valence-corrected chi connectivity index (χ0v) is 12.5. The third kappa shape index (κ3) is 4.38. The molecule has 1 fully saturated rings. The highest BCUT2D eigenvalue weighted by Gasteiger charge is 2.23. The highest BCUT2D eigenvalue weighted by Crippen LogP contribution is 2.22. The number of halogens is 1. The van der Waals surface area contributed by atoms with Crippen molar-refractivity contribution >= 4 is 11.7 Å². The molecular weight excluding hydrogens is 269 g/mol. The molecule has 0 aliphatic carbocycles. The number of nitrogens with zero attached hydrogens (tertiary/aromatic N) is 1. The summed E-state index contributed by atoms with van der Waals surface area (Å²) < 4.78 is 12.9. The van der Waals surface area contributed by atoms with E-state index in [-0.39, 0.29) is 24.1 Å². The molecule has 1 amide bonds. The van der Waals surface area contributed by atoms with Gasteiger partial charge in [0.15, 0.2) is 5.78 Å². The van der Waals surface area contributed by atoms with Gasteiger partial charge in [-0.15, -0.1) is 0 Å². The lowest BCUT2D eigenvalue weighted by molar-refractivity contribution is -0.130. The number of benzene rings is 1. The van der Waals surface area contributed by atoms with Crippen molar-refractivity contribution in [2.75, 3.05) is 13.1 Å². The minimum Gasteiger partial charge on any atom is -0.335 e. The topological polar surface area (TPSA) is 37.4 Å². The third-order valence-electron chi connectivity index (χ3n) is 4.12. The summed E-state index contributed by atoms with van der Waals surface area (Å²) in [7, 11) is 0. The first kappa shape index (κ1) is 15.7. The molecule has 0 bridgehead atoms. The summed E-state index contributed by atoms with van der Waals surface area (Å²) in [6.07, 6.45) is 4.70. The van der Waals surface area contributed by atoms with Gasteiger partial charge in [-0.1, -0.05) is 19.8 Å². The van der Waals surface area contributed by atoms with E-state index in [9.17, 15) is 14.0 Å². The first-order valence-corrected chi connectivity index (χ1v) is 7.66. The van der Waals surface area contributed by atoms with Crippen molar-refractivity contribution in [2.24, 2.45) is 5.92 Å². The van der Waals surface area contributed by atoms with E-state index in [0.29, 0.717) is 24.4 Å². The molecule has 4 heteroatoms. The first-order chi connectivity index (χ1) is 10.1. The maximum Gasteiger partial charge on any atom is 0.222 e. The van der Waals surface area contributed by atoms with Gasteiger partial charge in [0, 0.05) is 18.5 Å². The van der Waals surface area contributed by atoms with Crippen LogP contribution in [-0.4, -0.2) is 29.7 Å². The van der Waals surface area contributed by atoms with E-state index >= 15 is 0 Å². The van der Waals surface area contributed by atoms with Gasteiger partial charge in [0.05, 0.1) is 6.54 Å². The molecule has 0 saturated carbocycles. The quantitative estimate of drug-likeness (QED) is 0.779. The maximum atomic E-state index is 12.9. The predicted octanol–water partition coefficient (Wildman–Crippen LogP) is 3.44. The van der Waals surface area contributed by atoms with Crippen molar-refractivity contribution in [3.05, 3.63) is 35.6 Å². The normalized spacial score (nSPS) is 19.4. The number of hydrogen-bond acceptors (Lipinski definition) is 2. The largest absolute Gasteiger partial charge is 0.335 e. The molecule has 1 aliphatic rings. The highest BCUT2D eigenvalue weighted by atomic mass is 19.1. The lowest BCUT2D eigenvalue weighted by Gasteiger charge is -2.20. The molecule has 0 spiro atoms. The Bertz CT molecular complexity index is 498. The summed E-state index contributed by atoms with van der Waals surface area (Å²) in [5.74, 6) is 0.158. The van der Waals surface area contributed by atoms with Crippen molar-refractivity contribution in [1.82, 2.24) is 4.90 Å². The van der Waals surface area contributed by atoms with Crippen molar-refractivity contribution in [1.29, 1.82) is 0 Å². The molecule has 2 rings (SSSR count). The molecule has 1 saturated heterocycles. The molecule has 114 valence electrons. The average molecular weight is 291 g/mol. The summed E-state index contributed by atoms with van der Waals surface area (Å²) in [6, 6.07) is 5.49. The van der Waals surface area contributed by atoms with E-state index in [4.69, 9.17) is 0 Å². The van der Waals surface area contributed by atoms with Gasteiger partial charge < -0.3 is 4.90 Å². The van der Waals surface area contributed by atoms with Gasteiger partial charge in [0.2, 0.25) is 5.91 Å². The van der Waals surface area contributed by atoms with Crippen LogP contribution in [0.2, 0.25) is 0 Å². The van der Waals surface area contributed by atoms with Gasteiger partial charge in [-0.25, -0.2) is 4.39 Å². The Balaban J connectivity index is 1.96. The van der Waals surface area contributed by atoms with Gasteiger partial charge in [-0.05, 0) is 43.0 Å². The van der Waals surface area contributed by atoms with Crippen LogP contribution in [0.5, 0.6) is 0 Å². The van der Waals surface area contributed by atoms with Crippen LogP contribution in [0.15, 0.2) is 24.3 Å². The fourth-order valence-corrected chi connectivity index (χ4v) is 2.86. The SMILES string of the molecule is CCCC1CCC(=O)N(CC(=O)c2ccc(F)cc2)CC1. The second-order valence-corrected chi connectivity index (χ2v) is 5.73. The molecule has 1 aliphatic heterocycles. The Labute approximate surface area is 125 Å². The first-order valence-electron chi connectivity index (χ1n) is 7.66. The predicted molar refractivity (Wildman–Crippen MR) is 79.6 cm³/mol. The second kappa shape index (κ2) is 7.34. The lowest BCUT2D eigenvalue weighted by Crippen LogP contribution is -2.35. The Morgan fingerprint density at radius 3 is 2.67 bits per heavy atom. The van der Waals surface area contributed by atoms with E-state index in [1.54, 1.807) is 4.90 Å². The number of likely N-dealkylation sites (tertiary alicyclic amines) is 1. The van der Waals surface area contributed by atoms with E-state index in [1.165, 1.54) is 24.3 Å². The van der Waals surface area contributed by atoms with E-state index in [0.717, 1.165) is 25.7 Å². The third-order valence-corrected chi connectivity index (χ3v) is 4.12. The molecule has 1 aromatic carbocycles. The molecule has 3 nitrogen and oxygen atoms in total. The molecule has 0 radical (unpaired) electrons. The Hall–Kier alpha value is -1.71. The summed E-state index contributed by atoms with van der Waals surface area (Å²) in [4.78, 5) is 25.9. The Morgan fingerprint density at radius 2 is 2.00 bits per heavy atom. The minimum atomic E-state index is -0.361. The number of Topliss-reactive ketones (excluding diaryl/α,β-unsaturated/α-hetero) is 1. The fraction of sp³-hybridized carbons (Fsp3) is 0.529. The van der Waals surface area contributed by atoms with Gasteiger partial charge in [0.25, 0.3) is 0 Å². The van der Waals surface area contributed by atoms with Crippen LogP contribution in [0.3, 0.4) is 0 Å². The summed E-state index contributed by atoms with van der Waals surface area (Å²) >= 11 is 0. The summed E-state index contributed by atoms with van der Waals surface area (Å²) in [5, 5.41) is 0. The van der Waals surface area contributed by atoms with Crippen LogP contribution in [-0.2, 0) is 4.79 Å². The van der Waals surface area contributed by atoms with Crippen LogP contribution in [0, 0.1) is 11.7 Å². The van der Waals surface area contributed by atoms with Crippen molar-refractivity contribution < 1.29 is 14.0 Å². The van der Waals surface area contributed by atoms with Crippen molar-refractivity contribution in [3.8, 4) is 0 Å². The number of carbonyl (C=O) groups excluding carboxylic acids is 2. The maximum absolute atomic E-state index is 12.9. The minimum absolute atomic E-state index is 0.0593. The van der Waals surface area contributed by atoms with Crippen LogP contribution < -0.4 is 0 Å². The van der Waals surface area contributed by atoms with Crippen LogP contribution in [0.25, 0.3) is 0 Å². The molecule has 1 heterocycles. The molecule has 21 heavy (non-hydrogen) atoms. The number of hydrogen-bond donors (Lipinski definition) is 0. The molecule has 1 unspecified atom stereocenters. The number of rotatable bonds is 5. The van der Waals surface area contributed by atoms with Gasteiger partial charge >= 0.3 is 0 Å². The van der Waals surface area contributed by atoms with Crippen molar-refractivity contribution in [2.45, 2.75) is 39.0 Å². The molecule has 1 atom stereocenters. The monoisotopic (exact) mass is 291 g/mol. The molecule has 0 N–H and O–H groups in total. The van der Waals surface area contributed by atoms with Crippen LogP contribution in [0.1, 0.15) is 49.4 Å². The lowest BCUT2D eigenvalue weighted by atomic mass is 9.96. The summed E-state index contributed by atoms with van der Waals surface area (Å²) in [6.45, 7) is 2.91. The van der Waals surface area contributed by atoms with E-state index in [2.05, 4.69) is 6.92 Å². The molecule has 0 aromatic heterocycles. The van der Waals surface area contributed by atoms with Crippen LogP contribution in [0.4, 0.5) is 4.39 Å².